The van der Waals surface area contributed by atoms with Crippen molar-refractivity contribution < 1.29 is 13.9 Å². The van der Waals surface area contributed by atoms with Crippen molar-refractivity contribution >= 4 is 22.6 Å². The molecule has 0 fully saturated rings. The zero-order valence-corrected chi connectivity index (χ0v) is 18.0. The van der Waals surface area contributed by atoms with Gasteiger partial charge < -0.3 is 14.5 Å². The largest absolute Gasteiger partial charge is 0.484 e. The number of ether oxygens (including phenoxy) is 1. The van der Waals surface area contributed by atoms with Crippen molar-refractivity contribution in [2.24, 2.45) is 0 Å². The van der Waals surface area contributed by atoms with Crippen LogP contribution >= 0.6 is 0 Å². The van der Waals surface area contributed by atoms with E-state index >= 15 is 0 Å². The summed E-state index contributed by atoms with van der Waals surface area (Å²) in [7, 11) is 0. The highest BCUT2D eigenvalue weighted by atomic mass is 16.5. The number of carbonyl (C=O) groups is 1. The fraction of sp³-hybridized carbons (Fsp3) is 0.185. The molecule has 0 radical (unpaired) electrons. The number of nitrogens with one attached hydrogen (secondary N) is 1. The molecule has 5 heteroatoms. The van der Waals surface area contributed by atoms with Crippen molar-refractivity contribution in [2.45, 2.75) is 26.2 Å². The predicted octanol–water partition coefficient (Wildman–Crippen LogP) is 5.82. The van der Waals surface area contributed by atoms with Crippen molar-refractivity contribution in [1.82, 2.24) is 0 Å². The fourth-order valence-corrected chi connectivity index (χ4v) is 3.45. The van der Waals surface area contributed by atoms with Gasteiger partial charge in [0.1, 0.15) is 17.1 Å². The maximum atomic E-state index is 12.6. The number of unbranched alkanes of at least 4 members (excludes halogenated alkanes) is 1. The molecule has 1 aromatic heterocycles. The maximum Gasteiger partial charge on any atom is 0.262 e. The normalized spacial score (nSPS) is 10.8. The van der Waals surface area contributed by atoms with Crippen LogP contribution in [0.25, 0.3) is 22.3 Å². The number of anilines is 1. The summed E-state index contributed by atoms with van der Waals surface area (Å²) in [5, 5.41) is 3.23. The first-order valence-corrected chi connectivity index (χ1v) is 10.8. The van der Waals surface area contributed by atoms with Gasteiger partial charge >= 0.3 is 0 Å². The average Bonchev–Trinajstić information content (AvgIpc) is 2.83. The Kier molecular flexibility index (Phi) is 6.66. The molecule has 32 heavy (non-hydrogen) atoms. The van der Waals surface area contributed by atoms with Gasteiger partial charge in [0.05, 0.1) is 5.39 Å². The first-order chi connectivity index (χ1) is 15.6. The molecule has 1 heterocycles. The lowest BCUT2D eigenvalue weighted by molar-refractivity contribution is -0.118. The van der Waals surface area contributed by atoms with Crippen LogP contribution in [-0.4, -0.2) is 12.5 Å². The quantitative estimate of drug-likeness (QED) is 0.385. The Hall–Kier alpha value is -3.86. The Morgan fingerprint density at radius 3 is 2.50 bits per heavy atom. The lowest BCUT2D eigenvalue weighted by Gasteiger charge is -2.09. The second-order valence-electron chi connectivity index (χ2n) is 7.64. The third kappa shape index (κ3) is 5.24. The first kappa shape index (κ1) is 21.4. The van der Waals surface area contributed by atoms with Crippen LogP contribution in [0.5, 0.6) is 5.75 Å². The summed E-state index contributed by atoms with van der Waals surface area (Å²) in [5.41, 5.74) is 3.12. The van der Waals surface area contributed by atoms with E-state index in [2.05, 4.69) is 12.2 Å². The third-order valence-electron chi connectivity index (χ3n) is 5.18. The van der Waals surface area contributed by atoms with E-state index in [0.29, 0.717) is 22.5 Å². The van der Waals surface area contributed by atoms with E-state index in [4.69, 9.17) is 9.15 Å². The second-order valence-corrected chi connectivity index (χ2v) is 7.64. The Balaban J connectivity index is 1.40. The summed E-state index contributed by atoms with van der Waals surface area (Å²) in [4.78, 5) is 24.9. The van der Waals surface area contributed by atoms with Crippen LogP contribution < -0.4 is 15.5 Å². The summed E-state index contributed by atoms with van der Waals surface area (Å²) in [6.45, 7) is 2.01. The van der Waals surface area contributed by atoms with E-state index in [1.54, 1.807) is 18.2 Å². The second kappa shape index (κ2) is 9.96. The molecule has 4 rings (SSSR count). The molecule has 0 spiro atoms. The number of amides is 1. The molecule has 162 valence electrons. The SMILES string of the molecule is CCCCc1ccc(NC(=O)COc2ccc3oc(-c4ccccc4)cc(=O)c3c2)cc1. The van der Waals surface area contributed by atoms with E-state index in [1.807, 2.05) is 54.6 Å². The van der Waals surface area contributed by atoms with Crippen LogP contribution in [0.2, 0.25) is 0 Å². The van der Waals surface area contributed by atoms with Gasteiger partial charge in [0.2, 0.25) is 0 Å². The summed E-state index contributed by atoms with van der Waals surface area (Å²) < 4.78 is 11.5. The van der Waals surface area contributed by atoms with Gasteiger partial charge in [-0.05, 0) is 48.7 Å². The number of hydrogen-bond donors (Lipinski definition) is 1. The molecular weight excluding hydrogens is 402 g/mol. The molecule has 0 unspecified atom stereocenters. The molecule has 3 aromatic carbocycles. The van der Waals surface area contributed by atoms with Gasteiger partial charge in [-0.3, -0.25) is 9.59 Å². The van der Waals surface area contributed by atoms with Gasteiger partial charge in [-0.15, -0.1) is 0 Å². The number of hydrogen-bond acceptors (Lipinski definition) is 4. The van der Waals surface area contributed by atoms with Crippen molar-refractivity contribution in [1.29, 1.82) is 0 Å². The molecule has 4 aromatic rings. The zero-order valence-electron chi connectivity index (χ0n) is 18.0. The molecule has 0 saturated carbocycles. The summed E-state index contributed by atoms with van der Waals surface area (Å²) >= 11 is 0. The van der Waals surface area contributed by atoms with Gasteiger partial charge in [0.15, 0.2) is 12.0 Å². The van der Waals surface area contributed by atoms with Crippen molar-refractivity contribution in [3.8, 4) is 17.1 Å². The summed E-state index contributed by atoms with van der Waals surface area (Å²) in [6, 6.07) is 23.8. The Bertz CT molecular complexity index is 1260. The maximum absolute atomic E-state index is 12.6. The number of rotatable bonds is 8. The topological polar surface area (TPSA) is 68.5 Å². The summed E-state index contributed by atoms with van der Waals surface area (Å²) in [6.07, 6.45) is 3.34. The lowest BCUT2D eigenvalue weighted by Crippen LogP contribution is -2.20. The Labute approximate surface area is 186 Å². The molecule has 0 saturated heterocycles. The van der Waals surface area contributed by atoms with E-state index in [9.17, 15) is 9.59 Å². The van der Waals surface area contributed by atoms with Crippen LogP contribution in [0, 0.1) is 0 Å². The third-order valence-corrected chi connectivity index (χ3v) is 5.18. The van der Waals surface area contributed by atoms with Crippen LogP contribution in [0.4, 0.5) is 5.69 Å². The van der Waals surface area contributed by atoms with Crippen LogP contribution in [0.1, 0.15) is 25.3 Å². The monoisotopic (exact) mass is 427 g/mol. The number of benzene rings is 3. The molecule has 5 nitrogen and oxygen atoms in total. The molecule has 0 aliphatic carbocycles. The number of carbonyl (C=O) groups excluding carboxylic acids is 1. The van der Waals surface area contributed by atoms with E-state index < -0.39 is 0 Å². The minimum Gasteiger partial charge on any atom is -0.484 e. The number of aryl methyl sites for hydroxylation is 1. The Morgan fingerprint density at radius 1 is 0.969 bits per heavy atom. The lowest BCUT2D eigenvalue weighted by atomic mass is 10.1. The molecule has 1 N–H and O–H groups in total. The smallest absolute Gasteiger partial charge is 0.262 e. The minimum absolute atomic E-state index is 0.156. The van der Waals surface area contributed by atoms with Crippen molar-refractivity contribution in [3.05, 3.63) is 94.6 Å². The highest BCUT2D eigenvalue weighted by Gasteiger charge is 2.09. The van der Waals surface area contributed by atoms with Gasteiger partial charge in [0.25, 0.3) is 5.91 Å². The first-order valence-electron chi connectivity index (χ1n) is 10.8. The van der Waals surface area contributed by atoms with Crippen LogP contribution in [-0.2, 0) is 11.2 Å². The van der Waals surface area contributed by atoms with E-state index in [-0.39, 0.29) is 17.9 Å². The molecule has 0 aliphatic heterocycles. The van der Waals surface area contributed by atoms with Gasteiger partial charge in [0, 0.05) is 17.3 Å². The van der Waals surface area contributed by atoms with Crippen molar-refractivity contribution in [3.63, 3.8) is 0 Å². The minimum atomic E-state index is -0.266. The van der Waals surface area contributed by atoms with E-state index in [0.717, 1.165) is 30.5 Å². The highest BCUT2D eigenvalue weighted by molar-refractivity contribution is 5.92. The van der Waals surface area contributed by atoms with Crippen LogP contribution in [0.15, 0.2) is 88.1 Å². The predicted molar refractivity (Wildman–Crippen MR) is 127 cm³/mol. The molecule has 0 bridgehead atoms. The van der Waals surface area contributed by atoms with Gasteiger partial charge in [-0.25, -0.2) is 0 Å². The van der Waals surface area contributed by atoms with E-state index in [1.165, 1.54) is 11.6 Å². The highest BCUT2D eigenvalue weighted by Crippen LogP contribution is 2.24. The van der Waals surface area contributed by atoms with Gasteiger partial charge in [-0.2, -0.15) is 0 Å². The standard InChI is InChI=1S/C27H25NO4/c1-2-3-7-19-10-12-21(13-11-19)28-27(30)18-31-22-14-15-25-23(16-22)24(29)17-26(32-25)20-8-5-4-6-9-20/h4-6,8-17H,2-3,7,18H2,1H3,(H,28,30). The number of fused-ring (bicyclic) bond motifs is 1. The fourth-order valence-electron chi connectivity index (χ4n) is 3.45. The molecular formula is C27H25NO4. The van der Waals surface area contributed by atoms with Gasteiger partial charge in [-0.1, -0.05) is 55.8 Å². The summed E-state index contributed by atoms with van der Waals surface area (Å²) in [5.74, 6) is 0.678. The Morgan fingerprint density at radius 2 is 1.75 bits per heavy atom. The van der Waals surface area contributed by atoms with Crippen LogP contribution in [0.3, 0.4) is 0 Å². The molecule has 0 atom stereocenters. The molecule has 1 amide bonds. The average molecular weight is 428 g/mol. The molecule has 0 aliphatic rings. The zero-order chi connectivity index (χ0) is 22.3. The van der Waals surface area contributed by atoms with Crippen molar-refractivity contribution in [2.75, 3.05) is 11.9 Å².